The summed E-state index contributed by atoms with van der Waals surface area (Å²) in [5, 5.41) is 13.5. The minimum atomic E-state index is 0.573. The molecule has 0 aliphatic carbocycles. The van der Waals surface area contributed by atoms with Crippen molar-refractivity contribution < 1.29 is 0 Å². The molecule has 0 radical (unpaired) electrons. The zero-order valence-electron chi connectivity index (χ0n) is 12.0. The summed E-state index contributed by atoms with van der Waals surface area (Å²) in [6.07, 6.45) is 3.29. The molecular weight excluding hydrogens is 308 g/mol. The van der Waals surface area contributed by atoms with Crippen LogP contribution in [0.4, 0.5) is 5.82 Å². The maximum Gasteiger partial charge on any atom is 0.180 e. The van der Waals surface area contributed by atoms with Gasteiger partial charge in [0.05, 0.1) is 6.54 Å². The molecule has 0 aliphatic rings. The summed E-state index contributed by atoms with van der Waals surface area (Å²) < 4.78 is 0. The second-order valence-corrected chi connectivity index (χ2v) is 5.88. The van der Waals surface area contributed by atoms with E-state index in [9.17, 15) is 0 Å². The molecule has 0 fully saturated rings. The molecule has 4 rings (SSSR count). The lowest BCUT2D eigenvalue weighted by atomic mass is 10.2. The average Bonchev–Trinajstić information content (AvgIpc) is 3.10. The number of hydrogen-bond acceptors (Lipinski definition) is 7. The van der Waals surface area contributed by atoms with E-state index in [1.807, 2.05) is 42.5 Å². The Labute approximate surface area is 136 Å². The maximum atomic E-state index is 4.43. The summed E-state index contributed by atoms with van der Waals surface area (Å²) in [5.74, 6) is 0.745. The molecule has 0 aliphatic heterocycles. The number of hydrogen-bond donors (Lipinski definition) is 1. The Hall–Kier alpha value is -2.93. The number of pyridine rings is 1. The van der Waals surface area contributed by atoms with Gasteiger partial charge in [-0.3, -0.25) is 4.98 Å². The molecule has 0 amide bonds. The summed E-state index contributed by atoms with van der Waals surface area (Å²) in [6.45, 7) is 0.573. The van der Waals surface area contributed by atoms with Gasteiger partial charge in [0.2, 0.25) is 0 Å². The SMILES string of the molecule is c1ccc(-c2nnc(CNc3ccc4nccnc4n3)s2)cc1. The minimum Gasteiger partial charge on any atom is -0.363 e. The van der Waals surface area contributed by atoms with E-state index in [2.05, 4.69) is 30.5 Å². The molecule has 23 heavy (non-hydrogen) atoms. The van der Waals surface area contributed by atoms with Crippen LogP contribution in [0.25, 0.3) is 21.7 Å². The van der Waals surface area contributed by atoms with Crippen LogP contribution in [0.1, 0.15) is 5.01 Å². The Kier molecular flexibility index (Phi) is 3.61. The Bertz CT molecular complexity index is 937. The first-order chi connectivity index (χ1) is 11.4. The number of nitrogens with one attached hydrogen (secondary N) is 1. The van der Waals surface area contributed by atoms with Gasteiger partial charge in [-0.1, -0.05) is 41.7 Å². The summed E-state index contributed by atoms with van der Waals surface area (Å²) >= 11 is 1.57. The number of rotatable bonds is 4. The van der Waals surface area contributed by atoms with Crippen LogP contribution in [0.3, 0.4) is 0 Å². The molecule has 6 nitrogen and oxygen atoms in total. The van der Waals surface area contributed by atoms with Crippen LogP contribution in [-0.2, 0) is 6.54 Å². The van der Waals surface area contributed by atoms with Crippen molar-refractivity contribution in [2.24, 2.45) is 0 Å². The fourth-order valence-electron chi connectivity index (χ4n) is 2.14. The fraction of sp³-hybridized carbons (Fsp3) is 0.0625. The average molecular weight is 320 g/mol. The van der Waals surface area contributed by atoms with Gasteiger partial charge in [0.25, 0.3) is 0 Å². The summed E-state index contributed by atoms with van der Waals surface area (Å²) in [6, 6.07) is 13.8. The molecule has 0 spiro atoms. The number of fused-ring (bicyclic) bond motifs is 1. The van der Waals surface area contributed by atoms with Gasteiger partial charge < -0.3 is 5.32 Å². The molecule has 3 heterocycles. The number of benzene rings is 1. The molecule has 0 saturated heterocycles. The van der Waals surface area contributed by atoms with Crippen molar-refractivity contribution in [1.29, 1.82) is 0 Å². The lowest BCUT2D eigenvalue weighted by molar-refractivity contribution is 0.986. The van der Waals surface area contributed by atoms with Crippen LogP contribution in [0.2, 0.25) is 0 Å². The van der Waals surface area contributed by atoms with Gasteiger partial charge in [0.1, 0.15) is 21.3 Å². The van der Waals surface area contributed by atoms with Gasteiger partial charge in [-0.05, 0) is 12.1 Å². The van der Waals surface area contributed by atoms with Crippen LogP contribution < -0.4 is 5.32 Å². The largest absolute Gasteiger partial charge is 0.363 e. The molecule has 3 aromatic heterocycles. The van der Waals surface area contributed by atoms with Crippen molar-refractivity contribution >= 4 is 28.3 Å². The second-order valence-electron chi connectivity index (χ2n) is 4.82. The second kappa shape index (κ2) is 6.05. The van der Waals surface area contributed by atoms with E-state index in [-0.39, 0.29) is 0 Å². The first-order valence-corrected chi connectivity index (χ1v) is 7.89. The van der Waals surface area contributed by atoms with E-state index in [1.165, 1.54) is 0 Å². The van der Waals surface area contributed by atoms with Crippen LogP contribution in [0.5, 0.6) is 0 Å². The van der Waals surface area contributed by atoms with Crippen molar-refractivity contribution in [3.05, 3.63) is 59.9 Å². The van der Waals surface area contributed by atoms with Crippen molar-refractivity contribution in [3.8, 4) is 10.6 Å². The zero-order valence-corrected chi connectivity index (χ0v) is 12.9. The highest BCUT2D eigenvalue weighted by molar-refractivity contribution is 7.14. The van der Waals surface area contributed by atoms with E-state index in [4.69, 9.17) is 0 Å². The fourth-order valence-corrected chi connectivity index (χ4v) is 2.93. The Morgan fingerprint density at radius 3 is 2.70 bits per heavy atom. The monoisotopic (exact) mass is 320 g/mol. The van der Waals surface area contributed by atoms with Gasteiger partial charge >= 0.3 is 0 Å². The topological polar surface area (TPSA) is 76.5 Å². The molecule has 0 atom stereocenters. The van der Waals surface area contributed by atoms with Gasteiger partial charge in [0.15, 0.2) is 5.65 Å². The number of anilines is 1. The van der Waals surface area contributed by atoms with E-state index in [1.54, 1.807) is 23.7 Å². The third-order valence-electron chi connectivity index (χ3n) is 3.24. The number of nitrogens with zero attached hydrogens (tertiary/aromatic N) is 5. The van der Waals surface area contributed by atoms with Gasteiger partial charge in [-0.15, -0.1) is 10.2 Å². The Morgan fingerprint density at radius 1 is 0.913 bits per heavy atom. The molecule has 112 valence electrons. The quantitative estimate of drug-likeness (QED) is 0.622. The van der Waals surface area contributed by atoms with Crippen LogP contribution in [-0.4, -0.2) is 25.1 Å². The van der Waals surface area contributed by atoms with Crippen molar-refractivity contribution in [2.45, 2.75) is 6.54 Å². The molecule has 7 heteroatoms. The smallest absolute Gasteiger partial charge is 0.180 e. The van der Waals surface area contributed by atoms with Gasteiger partial charge in [-0.2, -0.15) is 0 Å². The Morgan fingerprint density at radius 2 is 1.78 bits per heavy atom. The van der Waals surface area contributed by atoms with Gasteiger partial charge in [0, 0.05) is 18.0 Å². The lowest BCUT2D eigenvalue weighted by Crippen LogP contribution is -2.01. The zero-order chi connectivity index (χ0) is 15.5. The molecule has 4 aromatic rings. The minimum absolute atomic E-state index is 0.573. The summed E-state index contributed by atoms with van der Waals surface area (Å²) in [5.41, 5.74) is 2.48. The molecule has 1 N–H and O–H groups in total. The van der Waals surface area contributed by atoms with Gasteiger partial charge in [-0.25, -0.2) is 9.97 Å². The van der Waals surface area contributed by atoms with E-state index >= 15 is 0 Å². The standard InChI is InChI=1S/C16H12N6S/c1-2-4-11(5-3-1)16-22-21-14(23-16)10-19-13-7-6-12-15(20-13)18-9-8-17-12/h1-9H,10H2,(H,18,19,20). The highest BCUT2D eigenvalue weighted by Gasteiger charge is 2.07. The highest BCUT2D eigenvalue weighted by atomic mass is 32.1. The predicted octanol–water partition coefficient (Wildman–Crippen LogP) is 3.16. The first kappa shape index (κ1) is 13.7. The predicted molar refractivity (Wildman–Crippen MR) is 90.0 cm³/mol. The lowest BCUT2D eigenvalue weighted by Gasteiger charge is -2.03. The van der Waals surface area contributed by atoms with Crippen molar-refractivity contribution in [2.75, 3.05) is 5.32 Å². The molecule has 0 saturated carbocycles. The normalized spacial score (nSPS) is 10.8. The Balaban J connectivity index is 1.49. The van der Waals surface area contributed by atoms with Crippen LogP contribution in [0, 0.1) is 0 Å². The maximum absolute atomic E-state index is 4.43. The summed E-state index contributed by atoms with van der Waals surface area (Å²) in [7, 11) is 0. The molecular formula is C16H12N6S. The van der Waals surface area contributed by atoms with Crippen molar-refractivity contribution in [1.82, 2.24) is 25.1 Å². The first-order valence-electron chi connectivity index (χ1n) is 7.08. The number of aromatic nitrogens is 5. The van der Waals surface area contributed by atoms with E-state index in [0.717, 1.165) is 26.9 Å². The third kappa shape index (κ3) is 3.00. The van der Waals surface area contributed by atoms with E-state index < -0.39 is 0 Å². The molecule has 0 bridgehead atoms. The highest BCUT2D eigenvalue weighted by Crippen LogP contribution is 2.23. The molecule has 0 unspecified atom stereocenters. The van der Waals surface area contributed by atoms with Crippen LogP contribution in [0.15, 0.2) is 54.9 Å². The van der Waals surface area contributed by atoms with Crippen molar-refractivity contribution in [3.63, 3.8) is 0 Å². The summed E-state index contributed by atoms with van der Waals surface area (Å²) in [4.78, 5) is 12.8. The molecule has 1 aromatic carbocycles. The van der Waals surface area contributed by atoms with E-state index in [0.29, 0.717) is 12.2 Å². The van der Waals surface area contributed by atoms with Crippen LogP contribution >= 0.6 is 11.3 Å². The third-order valence-corrected chi connectivity index (χ3v) is 4.21.